The molecule has 0 saturated carbocycles. The molecule has 1 amide bonds. The third-order valence-corrected chi connectivity index (χ3v) is 5.44. The molecular formula is C22H27N3O. The van der Waals surface area contributed by atoms with Crippen molar-refractivity contribution in [3.8, 4) is 0 Å². The number of hydrogen-bond acceptors (Lipinski definition) is 3. The van der Waals surface area contributed by atoms with Crippen molar-refractivity contribution in [3.63, 3.8) is 0 Å². The van der Waals surface area contributed by atoms with E-state index in [1.807, 2.05) is 18.2 Å². The van der Waals surface area contributed by atoms with Crippen molar-refractivity contribution in [2.75, 3.05) is 31.1 Å². The van der Waals surface area contributed by atoms with E-state index in [2.05, 4.69) is 51.5 Å². The summed E-state index contributed by atoms with van der Waals surface area (Å²) in [6.45, 7) is 5.17. The van der Waals surface area contributed by atoms with E-state index in [-0.39, 0.29) is 11.9 Å². The molecule has 0 aliphatic carbocycles. The molecule has 4 rings (SSSR count). The average molecular weight is 349 g/mol. The fraction of sp³-hybridized carbons (Fsp3) is 0.409. The minimum atomic E-state index is 0.0492. The summed E-state index contributed by atoms with van der Waals surface area (Å²) in [5.74, 6) is 0.0492. The van der Waals surface area contributed by atoms with Gasteiger partial charge in [-0.2, -0.15) is 0 Å². The maximum Gasteiger partial charge on any atom is 0.251 e. The molecule has 2 aliphatic heterocycles. The first-order valence-electron chi connectivity index (χ1n) is 9.70. The first kappa shape index (κ1) is 17.1. The Kier molecular flexibility index (Phi) is 5.21. The van der Waals surface area contributed by atoms with Crippen LogP contribution in [0.25, 0.3) is 0 Å². The zero-order valence-electron chi connectivity index (χ0n) is 15.2. The number of likely N-dealkylation sites (tertiary alicyclic amines) is 1. The zero-order valence-corrected chi connectivity index (χ0v) is 15.2. The smallest absolute Gasteiger partial charge is 0.251 e. The molecule has 2 saturated heterocycles. The fourth-order valence-corrected chi connectivity index (χ4v) is 4.03. The number of hydrogen-bond donors (Lipinski definition) is 1. The molecule has 0 radical (unpaired) electrons. The Bertz CT molecular complexity index is 740. The van der Waals surface area contributed by atoms with E-state index in [0.717, 1.165) is 31.6 Å². The normalized spacial score (nSPS) is 20.5. The molecule has 1 N–H and O–H groups in total. The number of carbonyl (C=O) groups is 1. The topological polar surface area (TPSA) is 35.6 Å². The predicted octanol–water partition coefficient (Wildman–Crippen LogP) is 3.29. The molecule has 0 aromatic heterocycles. The molecule has 26 heavy (non-hydrogen) atoms. The van der Waals surface area contributed by atoms with Crippen LogP contribution in [0.3, 0.4) is 0 Å². The van der Waals surface area contributed by atoms with Crippen LogP contribution in [-0.2, 0) is 6.54 Å². The molecule has 4 nitrogen and oxygen atoms in total. The molecule has 136 valence electrons. The number of nitrogens with zero attached hydrogens (tertiary/aromatic N) is 2. The monoisotopic (exact) mass is 349 g/mol. The fourth-order valence-electron chi connectivity index (χ4n) is 4.03. The Hall–Kier alpha value is -2.33. The van der Waals surface area contributed by atoms with E-state index in [0.29, 0.717) is 0 Å². The summed E-state index contributed by atoms with van der Waals surface area (Å²) in [5, 5.41) is 3.22. The van der Waals surface area contributed by atoms with Crippen molar-refractivity contribution >= 4 is 11.6 Å². The molecule has 2 aliphatic rings. The van der Waals surface area contributed by atoms with Gasteiger partial charge in [-0.25, -0.2) is 0 Å². The van der Waals surface area contributed by atoms with Gasteiger partial charge in [0.2, 0.25) is 0 Å². The third-order valence-electron chi connectivity index (χ3n) is 5.44. The van der Waals surface area contributed by atoms with Gasteiger partial charge in [-0.3, -0.25) is 9.69 Å². The largest absolute Gasteiger partial charge is 0.369 e. The second-order valence-corrected chi connectivity index (χ2v) is 7.42. The number of carbonyl (C=O) groups excluding carboxylic acids is 1. The SMILES string of the molecule is O=C(NC1CCN(c2ccccc2)C1)c1cccc(CN2CCCC2)c1. The van der Waals surface area contributed by atoms with Crippen LogP contribution in [0.4, 0.5) is 5.69 Å². The number of para-hydroxylation sites is 1. The van der Waals surface area contributed by atoms with Gasteiger partial charge in [0.05, 0.1) is 0 Å². The molecule has 2 heterocycles. The summed E-state index contributed by atoms with van der Waals surface area (Å²) in [5.41, 5.74) is 3.24. The molecule has 2 fully saturated rings. The van der Waals surface area contributed by atoms with Crippen molar-refractivity contribution in [1.82, 2.24) is 10.2 Å². The zero-order chi connectivity index (χ0) is 17.8. The van der Waals surface area contributed by atoms with Crippen LogP contribution < -0.4 is 10.2 Å². The van der Waals surface area contributed by atoms with E-state index in [4.69, 9.17) is 0 Å². The van der Waals surface area contributed by atoms with E-state index in [9.17, 15) is 4.79 Å². The van der Waals surface area contributed by atoms with E-state index >= 15 is 0 Å². The van der Waals surface area contributed by atoms with Gasteiger partial charge in [-0.15, -0.1) is 0 Å². The Morgan fingerprint density at radius 2 is 1.81 bits per heavy atom. The first-order chi connectivity index (χ1) is 12.8. The highest BCUT2D eigenvalue weighted by Crippen LogP contribution is 2.20. The van der Waals surface area contributed by atoms with Crippen molar-refractivity contribution in [2.24, 2.45) is 0 Å². The van der Waals surface area contributed by atoms with E-state index < -0.39 is 0 Å². The van der Waals surface area contributed by atoms with Gasteiger partial charge in [0.1, 0.15) is 0 Å². The number of nitrogens with one attached hydrogen (secondary N) is 1. The molecule has 0 bridgehead atoms. The van der Waals surface area contributed by atoms with Crippen molar-refractivity contribution in [2.45, 2.75) is 31.8 Å². The maximum atomic E-state index is 12.7. The van der Waals surface area contributed by atoms with Crippen molar-refractivity contribution in [3.05, 3.63) is 65.7 Å². The minimum Gasteiger partial charge on any atom is -0.369 e. The summed E-state index contributed by atoms with van der Waals surface area (Å²) in [7, 11) is 0. The first-order valence-corrected chi connectivity index (χ1v) is 9.70. The Labute approximate surface area is 155 Å². The van der Waals surface area contributed by atoms with Crippen LogP contribution in [0.5, 0.6) is 0 Å². The lowest BCUT2D eigenvalue weighted by Crippen LogP contribution is -2.37. The second kappa shape index (κ2) is 7.92. The molecule has 2 aromatic rings. The summed E-state index contributed by atoms with van der Waals surface area (Å²) in [4.78, 5) is 17.5. The number of rotatable bonds is 5. The Balaban J connectivity index is 1.35. The standard InChI is InChI=1S/C22H27N3O/c26-22(19-8-6-7-18(15-19)16-24-12-4-5-13-24)23-20-11-14-25(17-20)21-9-2-1-3-10-21/h1-3,6-10,15,20H,4-5,11-14,16-17H2,(H,23,26). The molecule has 1 atom stereocenters. The molecule has 0 spiro atoms. The van der Waals surface area contributed by atoms with Crippen LogP contribution in [-0.4, -0.2) is 43.0 Å². The van der Waals surface area contributed by atoms with Gasteiger partial charge in [-0.1, -0.05) is 30.3 Å². The van der Waals surface area contributed by atoms with Crippen molar-refractivity contribution < 1.29 is 4.79 Å². The Morgan fingerprint density at radius 1 is 1.00 bits per heavy atom. The highest BCUT2D eigenvalue weighted by Gasteiger charge is 2.24. The van der Waals surface area contributed by atoms with Gasteiger partial charge in [0.25, 0.3) is 5.91 Å². The lowest BCUT2D eigenvalue weighted by atomic mass is 10.1. The molecule has 2 aromatic carbocycles. The molecular weight excluding hydrogens is 322 g/mol. The van der Waals surface area contributed by atoms with Crippen LogP contribution in [0.1, 0.15) is 35.2 Å². The van der Waals surface area contributed by atoms with Crippen LogP contribution in [0.15, 0.2) is 54.6 Å². The van der Waals surface area contributed by atoms with Gasteiger partial charge in [-0.05, 0) is 62.2 Å². The average Bonchev–Trinajstić information content (AvgIpc) is 3.35. The van der Waals surface area contributed by atoms with Crippen molar-refractivity contribution in [1.29, 1.82) is 0 Å². The number of benzene rings is 2. The summed E-state index contributed by atoms with van der Waals surface area (Å²) in [6.07, 6.45) is 3.58. The highest BCUT2D eigenvalue weighted by molar-refractivity contribution is 5.94. The van der Waals surface area contributed by atoms with Crippen LogP contribution in [0.2, 0.25) is 0 Å². The Morgan fingerprint density at radius 3 is 2.62 bits per heavy atom. The second-order valence-electron chi connectivity index (χ2n) is 7.42. The maximum absolute atomic E-state index is 12.7. The van der Waals surface area contributed by atoms with Gasteiger partial charge in [0, 0.05) is 36.9 Å². The predicted molar refractivity (Wildman–Crippen MR) is 105 cm³/mol. The van der Waals surface area contributed by atoms with E-state index in [1.54, 1.807) is 0 Å². The van der Waals surface area contributed by atoms with Crippen LogP contribution in [0, 0.1) is 0 Å². The van der Waals surface area contributed by atoms with Gasteiger partial charge >= 0.3 is 0 Å². The lowest BCUT2D eigenvalue weighted by molar-refractivity contribution is 0.0940. The highest BCUT2D eigenvalue weighted by atomic mass is 16.1. The quantitative estimate of drug-likeness (QED) is 0.900. The van der Waals surface area contributed by atoms with E-state index in [1.165, 1.54) is 37.2 Å². The number of amides is 1. The van der Waals surface area contributed by atoms with Gasteiger partial charge in [0.15, 0.2) is 0 Å². The summed E-state index contributed by atoms with van der Waals surface area (Å²) < 4.78 is 0. The lowest BCUT2D eigenvalue weighted by Gasteiger charge is -2.19. The summed E-state index contributed by atoms with van der Waals surface area (Å²) in [6, 6.07) is 18.7. The third kappa shape index (κ3) is 4.07. The minimum absolute atomic E-state index is 0.0492. The number of anilines is 1. The summed E-state index contributed by atoms with van der Waals surface area (Å²) >= 11 is 0. The molecule has 1 unspecified atom stereocenters. The van der Waals surface area contributed by atoms with Crippen LogP contribution >= 0.6 is 0 Å². The van der Waals surface area contributed by atoms with Gasteiger partial charge < -0.3 is 10.2 Å². The molecule has 4 heteroatoms.